The maximum atomic E-state index is 11.4. The second-order valence-corrected chi connectivity index (χ2v) is 5.11. The number of hydrogen-bond acceptors (Lipinski definition) is 3. The maximum absolute atomic E-state index is 11.4. The summed E-state index contributed by atoms with van der Waals surface area (Å²) in [5.74, 6) is 0. The lowest BCUT2D eigenvalue weighted by atomic mass is 10.2. The predicted octanol–water partition coefficient (Wildman–Crippen LogP) is -0.266. The molecule has 3 N–H and O–H groups in total. The van der Waals surface area contributed by atoms with Gasteiger partial charge in [-0.2, -0.15) is 17.9 Å². The summed E-state index contributed by atoms with van der Waals surface area (Å²) in [6, 6.07) is -0.0459. The highest BCUT2D eigenvalue weighted by Crippen LogP contribution is 2.19. The molecule has 0 amide bonds. The standard InChI is InChI=1S/C8H18N2O3S/c1-2-7(5-6-11)9-14(12,13)10-8-3-4-8/h7-11H,2-6H2,1H3. The fourth-order valence-electron chi connectivity index (χ4n) is 1.18. The molecule has 5 nitrogen and oxygen atoms in total. The monoisotopic (exact) mass is 222 g/mol. The van der Waals surface area contributed by atoms with Crippen LogP contribution in [0.2, 0.25) is 0 Å². The van der Waals surface area contributed by atoms with Gasteiger partial charge in [0.15, 0.2) is 0 Å². The summed E-state index contributed by atoms with van der Waals surface area (Å²) in [4.78, 5) is 0. The molecule has 0 aromatic heterocycles. The van der Waals surface area contributed by atoms with E-state index in [0.29, 0.717) is 12.8 Å². The topological polar surface area (TPSA) is 78.4 Å². The van der Waals surface area contributed by atoms with E-state index in [1.165, 1.54) is 0 Å². The Morgan fingerprint density at radius 2 is 2.14 bits per heavy atom. The summed E-state index contributed by atoms with van der Waals surface area (Å²) in [5, 5.41) is 8.70. The molecule has 1 aliphatic carbocycles. The van der Waals surface area contributed by atoms with Crippen molar-refractivity contribution in [3.63, 3.8) is 0 Å². The Balaban J connectivity index is 2.38. The second kappa shape index (κ2) is 5.06. The molecule has 0 spiro atoms. The summed E-state index contributed by atoms with van der Waals surface area (Å²) < 4.78 is 27.9. The van der Waals surface area contributed by atoms with E-state index in [4.69, 9.17) is 5.11 Å². The Morgan fingerprint density at radius 3 is 2.57 bits per heavy atom. The molecule has 1 atom stereocenters. The van der Waals surface area contributed by atoms with Crippen molar-refractivity contribution in [1.29, 1.82) is 0 Å². The zero-order chi connectivity index (χ0) is 10.6. The van der Waals surface area contributed by atoms with Gasteiger partial charge in [0.25, 0.3) is 10.2 Å². The Kier molecular flexibility index (Phi) is 4.31. The van der Waals surface area contributed by atoms with Gasteiger partial charge in [0, 0.05) is 18.7 Å². The van der Waals surface area contributed by atoms with Gasteiger partial charge in [-0.3, -0.25) is 0 Å². The maximum Gasteiger partial charge on any atom is 0.277 e. The van der Waals surface area contributed by atoms with E-state index in [-0.39, 0.29) is 18.7 Å². The lowest BCUT2D eigenvalue weighted by molar-refractivity contribution is 0.270. The van der Waals surface area contributed by atoms with Gasteiger partial charge in [0.1, 0.15) is 0 Å². The van der Waals surface area contributed by atoms with Crippen molar-refractivity contribution in [3.8, 4) is 0 Å². The Hall–Kier alpha value is -0.170. The molecule has 0 aliphatic heterocycles. The minimum Gasteiger partial charge on any atom is -0.396 e. The summed E-state index contributed by atoms with van der Waals surface area (Å²) in [5.41, 5.74) is 0. The first-order chi connectivity index (χ1) is 6.57. The van der Waals surface area contributed by atoms with E-state index in [1.54, 1.807) is 0 Å². The van der Waals surface area contributed by atoms with E-state index < -0.39 is 10.2 Å². The summed E-state index contributed by atoms with van der Waals surface area (Å²) in [6.07, 6.45) is 3.00. The number of aliphatic hydroxyl groups is 1. The van der Waals surface area contributed by atoms with Crippen molar-refractivity contribution >= 4 is 10.2 Å². The zero-order valence-electron chi connectivity index (χ0n) is 8.36. The highest BCUT2D eigenvalue weighted by molar-refractivity contribution is 7.87. The van der Waals surface area contributed by atoms with Gasteiger partial charge >= 0.3 is 0 Å². The minimum absolute atomic E-state index is 0.00442. The van der Waals surface area contributed by atoms with Crippen LogP contribution in [0.1, 0.15) is 32.6 Å². The first kappa shape index (κ1) is 11.9. The van der Waals surface area contributed by atoms with Crippen LogP contribution < -0.4 is 9.44 Å². The molecule has 14 heavy (non-hydrogen) atoms. The molecule has 0 aromatic carbocycles. The van der Waals surface area contributed by atoms with Gasteiger partial charge < -0.3 is 5.11 Å². The quantitative estimate of drug-likeness (QED) is 0.555. The van der Waals surface area contributed by atoms with Gasteiger partial charge in [-0.05, 0) is 25.7 Å². The van der Waals surface area contributed by atoms with Gasteiger partial charge in [-0.15, -0.1) is 0 Å². The predicted molar refractivity (Wildman–Crippen MR) is 54.0 cm³/mol. The van der Waals surface area contributed by atoms with E-state index in [0.717, 1.165) is 12.8 Å². The van der Waals surface area contributed by atoms with Crippen LogP contribution in [0.3, 0.4) is 0 Å². The lowest BCUT2D eigenvalue weighted by Gasteiger charge is -2.15. The van der Waals surface area contributed by atoms with Gasteiger partial charge in [-0.25, -0.2) is 0 Å². The Bertz CT molecular complexity index is 262. The van der Waals surface area contributed by atoms with Crippen LogP contribution in [0.25, 0.3) is 0 Å². The molecule has 1 saturated carbocycles. The highest BCUT2D eigenvalue weighted by atomic mass is 32.2. The molecule has 0 saturated heterocycles. The van der Waals surface area contributed by atoms with Crippen molar-refractivity contribution in [2.45, 2.75) is 44.7 Å². The number of rotatable bonds is 7. The third-order valence-corrected chi connectivity index (χ3v) is 3.48. The second-order valence-electron chi connectivity index (χ2n) is 3.63. The zero-order valence-corrected chi connectivity index (χ0v) is 9.18. The summed E-state index contributed by atoms with van der Waals surface area (Å²) in [7, 11) is -3.36. The molecule has 1 unspecified atom stereocenters. The molecular formula is C8H18N2O3S. The molecule has 1 fully saturated rings. The van der Waals surface area contributed by atoms with Crippen LogP contribution in [0.4, 0.5) is 0 Å². The fraction of sp³-hybridized carbons (Fsp3) is 1.00. The highest BCUT2D eigenvalue weighted by Gasteiger charge is 2.27. The van der Waals surface area contributed by atoms with Crippen LogP contribution in [-0.4, -0.2) is 32.2 Å². The van der Waals surface area contributed by atoms with Gasteiger partial charge in [0.2, 0.25) is 0 Å². The molecule has 1 aliphatic rings. The van der Waals surface area contributed by atoms with E-state index in [2.05, 4.69) is 9.44 Å². The van der Waals surface area contributed by atoms with Crippen molar-refractivity contribution in [2.75, 3.05) is 6.61 Å². The van der Waals surface area contributed by atoms with Crippen molar-refractivity contribution in [1.82, 2.24) is 9.44 Å². The van der Waals surface area contributed by atoms with Gasteiger partial charge in [0.05, 0.1) is 0 Å². The third kappa shape index (κ3) is 4.36. The number of nitrogens with one attached hydrogen (secondary N) is 2. The lowest BCUT2D eigenvalue weighted by Crippen LogP contribution is -2.43. The molecular weight excluding hydrogens is 204 g/mol. The molecule has 0 bridgehead atoms. The first-order valence-electron chi connectivity index (χ1n) is 4.98. The fourth-order valence-corrected chi connectivity index (χ4v) is 2.64. The van der Waals surface area contributed by atoms with Crippen LogP contribution in [0.5, 0.6) is 0 Å². The molecule has 84 valence electrons. The summed E-state index contributed by atoms with van der Waals surface area (Å²) >= 11 is 0. The smallest absolute Gasteiger partial charge is 0.277 e. The first-order valence-corrected chi connectivity index (χ1v) is 6.46. The molecule has 0 heterocycles. The van der Waals surface area contributed by atoms with E-state index >= 15 is 0 Å². The SMILES string of the molecule is CCC(CCO)NS(=O)(=O)NC1CC1. The van der Waals surface area contributed by atoms with Crippen LogP contribution in [0, 0.1) is 0 Å². The van der Waals surface area contributed by atoms with Crippen molar-refractivity contribution in [2.24, 2.45) is 0 Å². The number of hydrogen-bond donors (Lipinski definition) is 3. The average molecular weight is 222 g/mol. The number of aliphatic hydroxyl groups excluding tert-OH is 1. The molecule has 0 aromatic rings. The van der Waals surface area contributed by atoms with Crippen LogP contribution >= 0.6 is 0 Å². The average Bonchev–Trinajstić information content (AvgIpc) is 2.86. The molecule has 0 radical (unpaired) electrons. The summed E-state index contributed by atoms with van der Waals surface area (Å²) in [6.45, 7) is 1.89. The Labute approximate surface area is 85.1 Å². The van der Waals surface area contributed by atoms with E-state index in [9.17, 15) is 8.42 Å². The molecule has 6 heteroatoms. The van der Waals surface area contributed by atoms with Crippen molar-refractivity contribution < 1.29 is 13.5 Å². The largest absolute Gasteiger partial charge is 0.396 e. The Morgan fingerprint density at radius 1 is 1.50 bits per heavy atom. The minimum atomic E-state index is -3.36. The van der Waals surface area contributed by atoms with Gasteiger partial charge in [-0.1, -0.05) is 6.92 Å². The normalized spacial score (nSPS) is 19.6. The van der Waals surface area contributed by atoms with Crippen LogP contribution in [0.15, 0.2) is 0 Å². The molecule has 1 rings (SSSR count). The van der Waals surface area contributed by atoms with Crippen LogP contribution in [-0.2, 0) is 10.2 Å². The third-order valence-electron chi connectivity index (χ3n) is 2.19. The van der Waals surface area contributed by atoms with E-state index in [1.807, 2.05) is 6.92 Å². The van der Waals surface area contributed by atoms with Crippen molar-refractivity contribution in [3.05, 3.63) is 0 Å².